The molecular formula is C71H64. The highest BCUT2D eigenvalue weighted by atomic mass is 14.5. The third-order valence-electron chi connectivity index (χ3n) is 16.6. The molecule has 71 heavy (non-hydrogen) atoms. The molecule has 2 aliphatic rings. The molecule has 0 saturated carbocycles. The Bertz CT molecular complexity index is 3610. The molecule has 11 rings (SSSR count). The van der Waals surface area contributed by atoms with Crippen LogP contribution >= 0.6 is 0 Å². The fraction of sp³-hybridized carbons (Fsp3) is 0.183. The number of fused-ring (bicyclic) bond motifs is 8. The van der Waals surface area contributed by atoms with Gasteiger partial charge in [0.05, 0.1) is 10.8 Å². The van der Waals surface area contributed by atoms with E-state index in [0.717, 1.165) is 18.4 Å². The van der Waals surface area contributed by atoms with Crippen molar-refractivity contribution in [2.45, 2.75) is 84.5 Å². The molecular weight excluding hydrogens is 853 g/mol. The number of aryl methyl sites for hydroxylation is 4. The first-order valence-corrected chi connectivity index (χ1v) is 25.5. The molecule has 0 amide bonds. The van der Waals surface area contributed by atoms with Crippen molar-refractivity contribution in [3.8, 4) is 22.3 Å². The summed E-state index contributed by atoms with van der Waals surface area (Å²) in [4.78, 5) is 0. The summed E-state index contributed by atoms with van der Waals surface area (Å²) in [6.07, 6.45) is 5.83. The van der Waals surface area contributed by atoms with Gasteiger partial charge in [-0.1, -0.05) is 243 Å². The van der Waals surface area contributed by atoms with Gasteiger partial charge in [-0.05, 0) is 165 Å². The molecule has 0 spiro atoms. The first kappa shape index (κ1) is 45.9. The molecule has 0 N–H and O–H groups in total. The van der Waals surface area contributed by atoms with Gasteiger partial charge in [-0.15, -0.1) is 0 Å². The van der Waals surface area contributed by atoms with Crippen LogP contribution in [0.25, 0.3) is 33.0 Å². The highest BCUT2D eigenvalue weighted by Gasteiger charge is 2.46. The van der Waals surface area contributed by atoms with Crippen molar-refractivity contribution in [2.75, 3.05) is 0 Å². The number of benzene rings is 9. The summed E-state index contributed by atoms with van der Waals surface area (Å²) in [5.41, 5.74) is 27.5. The molecule has 2 atom stereocenters. The Morgan fingerprint density at radius 3 is 1.69 bits per heavy atom. The van der Waals surface area contributed by atoms with Crippen LogP contribution in [0.15, 0.2) is 218 Å². The molecule has 0 aliphatic heterocycles. The normalized spacial score (nSPS) is 16.2. The summed E-state index contributed by atoms with van der Waals surface area (Å²) >= 11 is 0. The minimum atomic E-state index is -0.503. The summed E-state index contributed by atoms with van der Waals surface area (Å²) < 4.78 is 0. The van der Waals surface area contributed by atoms with E-state index in [2.05, 4.69) is 257 Å². The zero-order valence-corrected chi connectivity index (χ0v) is 42.8. The fourth-order valence-corrected chi connectivity index (χ4v) is 12.8. The molecule has 0 nitrogen and oxygen atoms in total. The minimum absolute atomic E-state index is 0.0130. The molecule has 0 aromatic heterocycles. The second kappa shape index (κ2) is 17.4. The summed E-state index contributed by atoms with van der Waals surface area (Å²) in [5, 5.41) is 2.71. The lowest BCUT2D eigenvalue weighted by Gasteiger charge is -2.37. The van der Waals surface area contributed by atoms with E-state index in [1.54, 1.807) is 0 Å². The molecule has 2 aliphatic carbocycles. The maximum atomic E-state index is 4.59. The number of hydrogen-bond acceptors (Lipinski definition) is 0. The zero-order chi connectivity index (χ0) is 49.4. The standard InChI is InChI=1S/C71H64/c1-11-49(7)70(50(8)12-2,55-28-17-45(3)18-29-55)56-32-22-51(23-33-56)42-54-27-38-65-63(44-54)59-36-21-47(5)39-66(59)71(65,57-30-19-46(4)20-31-57)58-34-24-52(25-35-58)41-53-26-37-60-62(43-53)48(6)40-67-68(60)61-15-13-14-16-64(61)69(67,9)10/h11-40,43-44H,1,7,41-42H2,2-6,8-10H3. The molecule has 0 saturated heterocycles. The first-order valence-electron chi connectivity index (χ1n) is 25.5. The molecule has 0 bridgehead atoms. The number of allylic oxidation sites excluding steroid dienone is 4. The Morgan fingerprint density at radius 1 is 0.493 bits per heavy atom. The van der Waals surface area contributed by atoms with Gasteiger partial charge in [0.15, 0.2) is 0 Å². The van der Waals surface area contributed by atoms with Gasteiger partial charge in [-0.25, -0.2) is 0 Å². The van der Waals surface area contributed by atoms with E-state index in [0.29, 0.717) is 0 Å². The van der Waals surface area contributed by atoms with E-state index >= 15 is 0 Å². The van der Waals surface area contributed by atoms with E-state index in [-0.39, 0.29) is 5.41 Å². The van der Waals surface area contributed by atoms with Crippen molar-refractivity contribution >= 4 is 10.8 Å². The van der Waals surface area contributed by atoms with Gasteiger partial charge in [0, 0.05) is 5.41 Å². The Labute approximate surface area is 422 Å². The van der Waals surface area contributed by atoms with Crippen LogP contribution in [0.3, 0.4) is 0 Å². The van der Waals surface area contributed by atoms with Crippen LogP contribution in [0.1, 0.15) is 117 Å². The molecule has 348 valence electrons. The summed E-state index contributed by atoms with van der Waals surface area (Å²) in [7, 11) is 0. The number of rotatable bonds is 11. The lowest BCUT2D eigenvalue weighted by atomic mass is 9.64. The molecule has 9 aromatic rings. The Morgan fingerprint density at radius 2 is 1.04 bits per heavy atom. The quantitative estimate of drug-likeness (QED) is 0.0896. The topological polar surface area (TPSA) is 0 Å². The van der Waals surface area contributed by atoms with Crippen molar-refractivity contribution in [3.63, 3.8) is 0 Å². The SMILES string of the molecule is C=CC(=C)C(C(C)=CC)(c1ccc(C)cc1)c1ccc(Cc2ccc3c(c2)-c2ccc(C)cc2C3(c2ccc(C)cc2)c2ccc(Cc3ccc4c5c(cc(C)c4c3)C(C)(C)c3ccccc3-5)cc2)cc1. The third kappa shape index (κ3) is 7.17. The Kier molecular flexibility index (Phi) is 11.2. The molecule has 0 heteroatoms. The second-order valence-corrected chi connectivity index (χ2v) is 21.3. The van der Waals surface area contributed by atoms with Crippen molar-refractivity contribution in [3.05, 3.63) is 307 Å². The smallest absolute Gasteiger partial charge is 0.0713 e. The summed E-state index contributed by atoms with van der Waals surface area (Å²) in [5.74, 6) is 0. The van der Waals surface area contributed by atoms with Gasteiger partial charge in [0.1, 0.15) is 0 Å². The highest BCUT2D eigenvalue weighted by molar-refractivity contribution is 6.04. The monoisotopic (exact) mass is 917 g/mol. The maximum absolute atomic E-state index is 4.59. The van der Waals surface area contributed by atoms with Crippen LogP contribution in [-0.2, 0) is 29.1 Å². The fourth-order valence-electron chi connectivity index (χ4n) is 12.8. The lowest BCUT2D eigenvalue weighted by Crippen LogP contribution is -2.31. The lowest BCUT2D eigenvalue weighted by molar-refractivity contribution is 0.660. The number of hydrogen-bond donors (Lipinski definition) is 0. The van der Waals surface area contributed by atoms with Gasteiger partial charge in [-0.3, -0.25) is 0 Å². The van der Waals surface area contributed by atoms with Gasteiger partial charge >= 0.3 is 0 Å². The van der Waals surface area contributed by atoms with Crippen LogP contribution in [0.2, 0.25) is 0 Å². The van der Waals surface area contributed by atoms with Crippen LogP contribution in [0.5, 0.6) is 0 Å². The van der Waals surface area contributed by atoms with Gasteiger partial charge in [-0.2, -0.15) is 0 Å². The van der Waals surface area contributed by atoms with E-state index < -0.39 is 10.8 Å². The maximum Gasteiger partial charge on any atom is 0.0713 e. The first-order chi connectivity index (χ1) is 34.3. The van der Waals surface area contributed by atoms with E-state index in [9.17, 15) is 0 Å². The Hall–Kier alpha value is -7.54. The van der Waals surface area contributed by atoms with Crippen molar-refractivity contribution in [2.24, 2.45) is 0 Å². The van der Waals surface area contributed by atoms with Crippen LogP contribution in [-0.4, -0.2) is 0 Å². The van der Waals surface area contributed by atoms with Gasteiger partial charge < -0.3 is 0 Å². The zero-order valence-electron chi connectivity index (χ0n) is 42.8. The van der Waals surface area contributed by atoms with E-state index in [4.69, 9.17) is 0 Å². The summed E-state index contributed by atoms with van der Waals surface area (Å²) in [6, 6.07) is 70.0. The van der Waals surface area contributed by atoms with Crippen molar-refractivity contribution < 1.29 is 0 Å². The highest BCUT2D eigenvalue weighted by Crippen LogP contribution is 2.57. The van der Waals surface area contributed by atoms with Crippen molar-refractivity contribution in [1.82, 2.24) is 0 Å². The molecule has 0 fully saturated rings. The molecule has 9 aromatic carbocycles. The Balaban J connectivity index is 0.957. The second-order valence-electron chi connectivity index (χ2n) is 21.3. The average Bonchev–Trinajstić information content (AvgIpc) is 3.79. The third-order valence-corrected chi connectivity index (χ3v) is 16.6. The van der Waals surface area contributed by atoms with Crippen molar-refractivity contribution in [1.29, 1.82) is 0 Å². The molecule has 0 heterocycles. The van der Waals surface area contributed by atoms with E-state index in [1.165, 1.54) is 128 Å². The van der Waals surface area contributed by atoms with Crippen LogP contribution < -0.4 is 0 Å². The average molecular weight is 917 g/mol. The molecule has 0 radical (unpaired) electrons. The van der Waals surface area contributed by atoms with Gasteiger partial charge in [0.25, 0.3) is 0 Å². The predicted molar refractivity (Wildman–Crippen MR) is 302 cm³/mol. The largest absolute Gasteiger partial charge is 0.0988 e. The van der Waals surface area contributed by atoms with E-state index in [1.807, 2.05) is 6.08 Å². The predicted octanol–water partition coefficient (Wildman–Crippen LogP) is 17.9. The van der Waals surface area contributed by atoms with Crippen LogP contribution in [0, 0.1) is 27.7 Å². The minimum Gasteiger partial charge on any atom is -0.0988 e. The molecule has 2 unspecified atom stereocenters. The van der Waals surface area contributed by atoms with Gasteiger partial charge in [0.2, 0.25) is 0 Å². The van der Waals surface area contributed by atoms with Crippen LogP contribution in [0.4, 0.5) is 0 Å². The summed E-state index contributed by atoms with van der Waals surface area (Å²) in [6.45, 7) is 26.7.